The second-order valence-electron chi connectivity index (χ2n) is 7.98. The Labute approximate surface area is 154 Å². The molecule has 4 rings (SSSR count). The summed E-state index contributed by atoms with van der Waals surface area (Å²) < 4.78 is 11.6. The normalized spacial score (nSPS) is 33.0. The molecule has 1 aromatic carbocycles. The van der Waals surface area contributed by atoms with Crippen LogP contribution in [-0.2, 0) is 19.1 Å². The van der Waals surface area contributed by atoms with Crippen molar-refractivity contribution in [1.29, 1.82) is 0 Å². The number of likely N-dealkylation sites (tertiary alicyclic amines) is 1. The number of carbonyl (C=O) groups excluding carboxylic acids is 2. The van der Waals surface area contributed by atoms with Gasteiger partial charge in [-0.2, -0.15) is 0 Å². The number of hydrogen-bond acceptors (Lipinski definition) is 4. The summed E-state index contributed by atoms with van der Waals surface area (Å²) in [5.74, 6) is -1.10. The van der Waals surface area contributed by atoms with Gasteiger partial charge < -0.3 is 14.4 Å². The first kappa shape index (κ1) is 17.3. The van der Waals surface area contributed by atoms with Crippen molar-refractivity contribution in [1.82, 2.24) is 4.90 Å². The molecule has 26 heavy (non-hydrogen) atoms. The van der Waals surface area contributed by atoms with Gasteiger partial charge in [0.25, 0.3) is 0 Å². The number of benzene rings is 1. The van der Waals surface area contributed by atoms with Gasteiger partial charge in [-0.15, -0.1) is 0 Å². The number of hydrogen-bond donors (Lipinski definition) is 0. The van der Waals surface area contributed by atoms with Gasteiger partial charge >= 0.3 is 5.97 Å². The summed E-state index contributed by atoms with van der Waals surface area (Å²) in [4.78, 5) is 27.7. The molecule has 0 unspecified atom stereocenters. The second-order valence-corrected chi connectivity index (χ2v) is 7.98. The monoisotopic (exact) mass is 355 g/mol. The van der Waals surface area contributed by atoms with Gasteiger partial charge in [0.2, 0.25) is 5.91 Å². The molecule has 2 fully saturated rings. The third kappa shape index (κ3) is 2.57. The van der Waals surface area contributed by atoms with Crippen molar-refractivity contribution in [2.45, 2.75) is 38.5 Å². The van der Waals surface area contributed by atoms with Crippen LogP contribution in [0, 0.1) is 17.8 Å². The van der Waals surface area contributed by atoms with E-state index in [2.05, 4.69) is 0 Å². The minimum absolute atomic E-state index is 0.0142. The van der Waals surface area contributed by atoms with Gasteiger partial charge in [0.15, 0.2) is 0 Å². The van der Waals surface area contributed by atoms with Crippen molar-refractivity contribution in [2.24, 2.45) is 17.8 Å². The summed E-state index contributed by atoms with van der Waals surface area (Å²) in [7, 11) is 0. The smallest absolute Gasteiger partial charge is 0.312 e. The van der Waals surface area contributed by atoms with E-state index in [-0.39, 0.29) is 29.9 Å². The standard InChI is InChI=1S/C21H25NO4/c1-13(2)11-25-20(24)17-16-9-10-21(26-16)12-22(19(23)18(17)21)14(3)15-7-5-4-6-8-15/h4-10,13-14,16-18H,11-12H2,1-3H3/t14-,16+,17+,18+,21-/m1/s1. The summed E-state index contributed by atoms with van der Waals surface area (Å²) in [5, 5.41) is 0. The Morgan fingerprint density at radius 2 is 2.04 bits per heavy atom. The predicted octanol–water partition coefficient (Wildman–Crippen LogP) is 2.73. The lowest BCUT2D eigenvalue weighted by atomic mass is 9.77. The Kier molecular flexibility index (Phi) is 4.14. The molecule has 5 heteroatoms. The van der Waals surface area contributed by atoms with Gasteiger partial charge in [-0.05, 0) is 18.4 Å². The molecular weight excluding hydrogens is 330 g/mol. The van der Waals surface area contributed by atoms with E-state index in [4.69, 9.17) is 9.47 Å². The highest BCUT2D eigenvalue weighted by Gasteiger charge is 2.67. The number of fused-ring (bicyclic) bond motifs is 1. The van der Waals surface area contributed by atoms with Gasteiger partial charge in [0.1, 0.15) is 11.5 Å². The van der Waals surface area contributed by atoms with Crippen LogP contribution in [0.5, 0.6) is 0 Å². The van der Waals surface area contributed by atoms with E-state index in [1.165, 1.54) is 0 Å². The van der Waals surface area contributed by atoms with E-state index in [0.717, 1.165) is 5.56 Å². The van der Waals surface area contributed by atoms with Crippen molar-refractivity contribution in [2.75, 3.05) is 13.2 Å². The van der Waals surface area contributed by atoms with Crippen molar-refractivity contribution >= 4 is 11.9 Å². The molecule has 1 amide bonds. The first-order valence-corrected chi connectivity index (χ1v) is 9.32. The molecule has 0 N–H and O–H groups in total. The summed E-state index contributed by atoms with van der Waals surface area (Å²) in [6, 6.07) is 9.88. The molecule has 138 valence electrons. The molecule has 3 aliphatic heterocycles. The second kappa shape index (κ2) is 6.23. The first-order valence-electron chi connectivity index (χ1n) is 9.32. The van der Waals surface area contributed by atoms with Crippen LogP contribution in [0.15, 0.2) is 42.5 Å². The number of esters is 1. The lowest BCUT2D eigenvalue weighted by Crippen LogP contribution is -2.40. The maximum atomic E-state index is 13.2. The molecule has 3 heterocycles. The van der Waals surface area contributed by atoms with Gasteiger partial charge in [-0.3, -0.25) is 9.59 Å². The average Bonchev–Trinajstić information content (AvgIpc) is 3.28. The number of rotatable bonds is 5. The number of ether oxygens (including phenoxy) is 2. The van der Waals surface area contributed by atoms with Crippen LogP contribution in [0.3, 0.4) is 0 Å². The Morgan fingerprint density at radius 1 is 1.31 bits per heavy atom. The summed E-state index contributed by atoms with van der Waals surface area (Å²) >= 11 is 0. The maximum absolute atomic E-state index is 13.2. The molecule has 0 saturated carbocycles. The number of amides is 1. The van der Waals surface area contributed by atoms with Crippen LogP contribution >= 0.6 is 0 Å². The molecule has 0 aliphatic carbocycles. The quantitative estimate of drug-likeness (QED) is 0.602. The van der Waals surface area contributed by atoms with Crippen molar-refractivity contribution < 1.29 is 19.1 Å². The SMILES string of the molecule is CC(C)COC(=O)[C@H]1[C@@H]2C=C[C@]3(CN([C@H](C)c4ccccc4)C(=O)[C@H]13)O2. The van der Waals surface area contributed by atoms with Crippen molar-refractivity contribution in [3.05, 3.63) is 48.0 Å². The largest absolute Gasteiger partial charge is 0.465 e. The van der Waals surface area contributed by atoms with Crippen LogP contribution < -0.4 is 0 Å². The fourth-order valence-electron chi connectivity index (χ4n) is 4.38. The van der Waals surface area contributed by atoms with Gasteiger partial charge in [-0.1, -0.05) is 56.3 Å². The summed E-state index contributed by atoms with van der Waals surface area (Å²) in [6.45, 7) is 6.86. The highest BCUT2D eigenvalue weighted by molar-refractivity contribution is 5.91. The van der Waals surface area contributed by atoms with E-state index in [9.17, 15) is 9.59 Å². The number of carbonyl (C=O) groups is 2. The molecule has 0 radical (unpaired) electrons. The highest BCUT2D eigenvalue weighted by Crippen LogP contribution is 2.53. The maximum Gasteiger partial charge on any atom is 0.312 e. The molecule has 0 aromatic heterocycles. The van der Waals surface area contributed by atoms with Crippen LogP contribution in [0.25, 0.3) is 0 Å². The Hall–Kier alpha value is -2.14. The fraction of sp³-hybridized carbons (Fsp3) is 0.524. The van der Waals surface area contributed by atoms with Crippen LogP contribution in [-0.4, -0.2) is 41.6 Å². The third-order valence-corrected chi connectivity index (χ3v) is 5.71. The fourth-order valence-corrected chi connectivity index (χ4v) is 4.38. The zero-order chi connectivity index (χ0) is 18.5. The van der Waals surface area contributed by atoms with Crippen LogP contribution in [0.2, 0.25) is 0 Å². The molecule has 5 atom stereocenters. The van der Waals surface area contributed by atoms with Gasteiger partial charge in [0.05, 0.1) is 31.2 Å². The minimum atomic E-state index is -0.688. The summed E-state index contributed by atoms with van der Waals surface area (Å²) in [5.41, 5.74) is 0.390. The summed E-state index contributed by atoms with van der Waals surface area (Å²) in [6.07, 6.45) is 3.55. The molecular formula is C21H25NO4. The van der Waals surface area contributed by atoms with Crippen LogP contribution in [0.4, 0.5) is 0 Å². The highest BCUT2D eigenvalue weighted by atomic mass is 16.6. The molecule has 2 saturated heterocycles. The van der Waals surface area contributed by atoms with Gasteiger partial charge in [-0.25, -0.2) is 0 Å². The van der Waals surface area contributed by atoms with E-state index in [1.54, 1.807) is 0 Å². The Balaban J connectivity index is 1.58. The Morgan fingerprint density at radius 3 is 2.73 bits per heavy atom. The van der Waals surface area contributed by atoms with Crippen LogP contribution in [0.1, 0.15) is 32.4 Å². The van der Waals surface area contributed by atoms with Crippen molar-refractivity contribution in [3.8, 4) is 0 Å². The van der Waals surface area contributed by atoms with E-state index < -0.39 is 17.4 Å². The predicted molar refractivity (Wildman–Crippen MR) is 96.1 cm³/mol. The first-order chi connectivity index (χ1) is 12.4. The van der Waals surface area contributed by atoms with E-state index in [1.807, 2.05) is 68.2 Å². The van der Waals surface area contributed by atoms with Gasteiger partial charge in [0, 0.05) is 0 Å². The lowest BCUT2D eigenvalue weighted by Gasteiger charge is -2.27. The van der Waals surface area contributed by atoms with Crippen molar-refractivity contribution in [3.63, 3.8) is 0 Å². The number of nitrogens with zero attached hydrogens (tertiary/aromatic N) is 1. The van der Waals surface area contributed by atoms with E-state index in [0.29, 0.717) is 13.2 Å². The zero-order valence-electron chi connectivity index (χ0n) is 15.4. The third-order valence-electron chi connectivity index (χ3n) is 5.71. The molecule has 5 nitrogen and oxygen atoms in total. The topological polar surface area (TPSA) is 55.8 Å². The molecule has 1 aromatic rings. The lowest BCUT2D eigenvalue weighted by molar-refractivity contribution is -0.155. The zero-order valence-corrected chi connectivity index (χ0v) is 15.4. The van der Waals surface area contributed by atoms with E-state index >= 15 is 0 Å². The Bertz CT molecular complexity index is 744. The minimum Gasteiger partial charge on any atom is -0.465 e. The molecule has 2 bridgehead atoms. The molecule has 1 spiro atoms. The average molecular weight is 355 g/mol. The molecule has 3 aliphatic rings.